The molecule has 0 unspecified atom stereocenters. The van der Waals surface area contributed by atoms with Crippen molar-refractivity contribution in [1.29, 1.82) is 5.26 Å². The van der Waals surface area contributed by atoms with E-state index in [9.17, 15) is 0 Å². The molecule has 0 fully saturated rings. The maximum atomic E-state index is 8.97. The number of nitrogens with zero attached hydrogens (tertiary/aromatic N) is 3. The van der Waals surface area contributed by atoms with Gasteiger partial charge in [0.15, 0.2) is 0 Å². The van der Waals surface area contributed by atoms with E-state index in [1.807, 2.05) is 38.4 Å². The lowest BCUT2D eigenvalue weighted by atomic mass is 10.2. The quantitative estimate of drug-likeness (QED) is 0.524. The largest absolute Gasteiger partial charge is 0.476 e. The van der Waals surface area contributed by atoms with Gasteiger partial charge in [-0.25, -0.2) is 4.98 Å². The molecule has 0 atom stereocenters. The Bertz CT molecular complexity index is 718. The molecule has 0 saturated carbocycles. The van der Waals surface area contributed by atoms with Gasteiger partial charge in [-0.3, -0.25) is 0 Å². The third kappa shape index (κ3) is 6.04. The smallest absolute Gasteiger partial charge is 0.238 e. The molecule has 0 radical (unpaired) electrons. The van der Waals surface area contributed by atoms with Crippen molar-refractivity contribution in [2.45, 2.75) is 11.3 Å². The van der Waals surface area contributed by atoms with Gasteiger partial charge in [-0.15, -0.1) is 0 Å². The molecule has 0 aliphatic heterocycles. The molecule has 1 aromatic heterocycles. The summed E-state index contributed by atoms with van der Waals surface area (Å²) < 4.78 is 9.91. The number of halogens is 1. The van der Waals surface area contributed by atoms with E-state index in [1.165, 1.54) is 11.9 Å². The van der Waals surface area contributed by atoms with Gasteiger partial charge in [0.1, 0.15) is 5.69 Å². The topological polar surface area (TPSA) is 61.2 Å². The van der Waals surface area contributed by atoms with Crippen LogP contribution in [0.5, 0.6) is 5.88 Å². The minimum Gasteiger partial charge on any atom is -0.476 e. The summed E-state index contributed by atoms with van der Waals surface area (Å²) in [4.78, 5) is 7.40. The van der Waals surface area contributed by atoms with Gasteiger partial charge in [-0.2, -0.15) is 5.26 Å². The van der Waals surface area contributed by atoms with Gasteiger partial charge in [-0.1, -0.05) is 6.07 Å². The second kappa shape index (κ2) is 9.52. The summed E-state index contributed by atoms with van der Waals surface area (Å²) in [6, 6.07) is 11.5. The van der Waals surface area contributed by atoms with Crippen LogP contribution in [0.2, 0.25) is 0 Å². The molecule has 7 heteroatoms. The molecule has 0 aliphatic rings. The molecule has 1 aromatic carbocycles. The molecule has 126 valence electrons. The highest BCUT2D eigenvalue weighted by atomic mass is 79.9. The summed E-state index contributed by atoms with van der Waals surface area (Å²) in [5, 5.41) is 8.97. The molecular weight excluding hydrogens is 388 g/mol. The van der Waals surface area contributed by atoms with Gasteiger partial charge in [0.25, 0.3) is 0 Å². The molecule has 1 heterocycles. The Morgan fingerprint density at radius 1 is 1.38 bits per heavy atom. The number of nitriles is 1. The predicted octanol–water partition coefficient (Wildman–Crippen LogP) is 4.17. The van der Waals surface area contributed by atoms with Crippen LogP contribution in [0, 0.1) is 11.3 Å². The summed E-state index contributed by atoms with van der Waals surface area (Å²) in [5.74, 6) is 0.570. The molecule has 0 spiro atoms. The summed E-state index contributed by atoms with van der Waals surface area (Å²) >= 11 is 4.85. The zero-order valence-electron chi connectivity index (χ0n) is 13.6. The fraction of sp³-hybridized carbons (Fsp3) is 0.294. The van der Waals surface area contributed by atoms with Crippen molar-refractivity contribution in [3.8, 4) is 11.9 Å². The lowest BCUT2D eigenvalue weighted by Gasteiger charge is -2.13. The number of ether oxygens (including phenoxy) is 1. The second-order valence-corrected chi connectivity index (χ2v) is 7.15. The Balaban J connectivity index is 2.00. The monoisotopic (exact) mass is 406 g/mol. The molecule has 2 rings (SSSR count). The van der Waals surface area contributed by atoms with Crippen LogP contribution < -0.4 is 9.46 Å². The van der Waals surface area contributed by atoms with Crippen molar-refractivity contribution < 1.29 is 4.74 Å². The van der Waals surface area contributed by atoms with Gasteiger partial charge in [0.2, 0.25) is 5.88 Å². The Hall–Kier alpha value is -1.75. The van der Waals surface area contributed by atoms with Crippen molar-refractivity contribution in [2.24, 2.45) is 0 Å². The van der Waals surface area contributed by atoms with E-state index in [0.717, 1.165) is 28.0 Å². The fourth-order valence-electron chi connectivity index (χ4n) is 1.91. The summed E-state index contributed by atoms with van der Waals surface area (Å²) in [7, 11) is 4.08. The number of aromatic nitrogens is 1. The first-order chi connectivity index (χ1) is 11.6. The first-order valence-electron chi connectivity index (χ1n) is 7.44. The van der Waals surface area contributed by atoms with E-state index in [0.29, 0.717) is 18.1 Å². The lowest BCUT2D eigenvalue weighted by molar-refractivity contribution is 0.274. The van der Waals surface area contributed by atoms with Crippen LogP contribution in [-0.2, 0) is 0 Å². The van der Waals surface area contributed by atoms with Gasteiger partial charge in [0.05, 0.1) is 18.2 Å². The Labute approximate surface area is 155 Å². The molecular formula is C17H19BrN4OS. The van der Waals surface area contributed by atoms with E-state index >= 15 is 0 Å². The summed E-state index contributed by atoms with van der Waals surface area (Å²) in [6.45, 7) is 1.57. The zero-order valence-corrected chi connectivity index (χ0v) is 16.0. The highest BCUT2D eigenvalue weighted by Gasteiger charge is 2.08. The van der Waals surface area contributed by atoms with Crippen LogP contribution >= 0.6 is 27.9 Å². The average Bonchev–Trinajstić information content (AvgIpc) is 2.58. The zero-order chi connectivity index (χ0) is 17.4. The molecule has 0 aliphatic carbocycles. The Morgan fingerprint density at radius 2 is 2.21 bits per heavy atom. The molecule has 0 saturated heterocycles. The Morgan fingerprint density at radius 3 is 2.96 bits per heavy atom. The third-order valence-corrected chi connectivity index (χ3v) is 4.29. The fourth-order valence-corrected chi connectivity index (χ4v) is 2.95. The molecule has 0 amide bonds. The first-order valence-corrected chi connectivity index (χ1v) is 9.05. The number of anilines is 1. The number of pyridine rings is 1. The van der Waals surface area contributed by atoms with Crippen molar-refractivity contribution in [3.05, 3.63) is 46.6 Å². The standard InChI is InChI=1S/C17H19BrN4OS/c1-22(2)7-4-8-23-17-16(10-14(18)12-20-17)21-24-15-6-3-5-13(9-15)11-19/h3,5-6,9-10,12,21H,4,7-8H2,1-2H3. The molecule has 1 N–H and O–H groups in total. The van der Waals surface area contributed by atoms with Crippen LogP contribution in [-0.4, -0.2) is 37.1 Å². The molecule has 2 aromatic rings. The average molecular weight is 407 g/mol. The van der Waals surface area contributed by atoms with Crippen LogP contribution in [0.15, 0.2) is 45.9 Å². The maximum absolute atomic E-state index is 8.97. The Kier molecular flexibility index (Phi) is 7.37. The van der Waals surface area contributed by atoms with Crippen molar-refractivity contribution in [1.82, 2.24) is 9.88 Å². The van der Waals surface area contributed by atoms with E-state index in [4.69, 9.17) is 10.00 Å². The van der Waals surface area contributed by atoms with Crippen LogP contribution in [0.25, 0.3) is 0 Å². The van der Waals surface area contributed by atoms with Crippen molar-refractivity contribution in [3.63, 3.8) is 0 Å². The number of benzene rings is 1. The molecule has 24 heavy (non-hydrogen) atoms. The minimum absolute atomic E-state index is 0.570. The van der Waals surface area contributed by atoms with Gasteiger partial charge < -0.3 is 14.4 Å². The van der Waals surface area contributed by atoms with E-state index in [1.54, 1.807) is 12.3 Å². The highest BCUT2D eigenvalue weighted by Crippen LogP contribution is 2.30. The van der Waals surface area contributed by atoms with Crippen LogP contribution in [0.3, 0.4) is 0 Å². The first kappa shape index (κ1) is 18.6. The van der Waals surface area contributed by atoms with E-state index < -0.39 is 0 Å². The van der Waals surface area contributed by atoms with Crippen molar-refractivity contribution >= 4 is 33.6 Å². The minimum atomic E-state index is 0.570. The number of nitrogens with one attached hydrogen (secondary N) is 1. The summed E-state index contributed by atoms with van der Waals surface area (Å²) in [5.41, 5.74) is 1.43. The van der Waals surface area contributed by atoms with Crippen LogP contribution in [0.4, 0.5) is 5.69 Å². The van der Waals surface area contributed by atoms with E-state index in [-0.39, 0.29) is 0 Å². The van der Waals surface area contributed by atoms with Gasteiger partial charge >= 0.3 is 0 Å². The predicted molar refractivity (Wildman–Crippen MR) is 101 cm³/mol. The maximum Gasteiger partial charge on any atom is 0.238 e. The van der Waals surface area contributed by atoms with Crippen LogP contribution in [0.1, 0.15) is 12.0 Å². The number of rotatable bonds is 8. The normalized spacial score (nSPS) is 10.5. The van der Waals surface area contributed by atoms with Crippen molar-refractivity contribution in [2.75, 3.05) is 32.0 Å². The SMILES string of the molecule is CN(C)CCCOc1ncc(Br)cc1NSc1cccc(C#N)c1. The highest BCUT2D eigenvalue weighted by molar-refractivity contribution is 9.10. The summed E-state index contributed by atoms with van der Waals surface area (Å²) in [6.07, 6.45) is 2.65. The third-order valence-electron chi connectivity index (χ3n) is 3.05. The molecule has 5 nitrogen and oxygen atoms in total. The van der Waals surface area contributed by atoms with E-state index in [2.05, 4.69) is 36.6 Å². The van der Waals surface area contributed by atoms with Gasteiger partial charge in [0, 0.05) is 22.1 Å². The second-order valence-electron chi connectivity index (χ2n) is 5.36. The number of hydrogen-bond donors (Lipinski definition) is 1. The lowest BCUT2D eigenvalue weighted by Crippen LogP contribution is -2.15. The molecule has 0 bridgehead atoms. The number of hydrogen-bond acceptors (Lipinski definition) is 6. The van der Waals surface area contributed by atoms with Gasteiger partial charge in [-0.05, 0) is 72.7 Å².